The first-order chi connectivity index (χ1) is 13.2. The average Bonchev–Trinajstić information content (AvgIpc) is 3.32. The van der Waals surface area contributed by atoms with Crippen molar-refractivity contribution in [2.45, 2.75) is 26.2 Å². The Morgan fingerprint density at radius 2 is 2.04 bits per heavy atom. The third kappa shape index (κ3) is 3.77. The largest absolute Gasteiger partial charge is 0.369 e. The standard InChI is InChI=1S/C20H23ClFN5/c1-2-14-11-15(18(22)12-17(14)21)16-13-24-27-9-5-19(25-20(16)27)23-6-10-26-7-3-4-8-26/h5,9,11-13H,2-4,6-8,10H2,1H3,(H,23,25). The summed E-state index contributed by atoms with van der Waals surface area (Å²) in [6.07, 6.45) is 6.81. The van der Waals surface area contributed by atoms with Gasteiger partial charge in [0.2, 0.25) is 0 Å². The number of hydrogen-bond acceptors (Lipinski definition) is 4. The van der Waals surface area contributed by atoms with Crippen LogP contribution in [0.5, 0.6) is 0 Å². The molecule has 1 aliphatic heterocycles. The summed E-state index contributed by atoms with van der Waals surface area (Å²) < 4.78 is 16.2. The van der Waals surface area contributed by atoms with E-state index in [2.05, 4.69) is 20.3 Å². The van der Waals surface area contributed by atoms with Crippen molar-refractivity contribution in [1.82, 2.24) is 19.5 Å². The minimum Gasteiger partial charge on any atom is -0.369 e. The minimum atomic E-state index is -0.360. The number of nitrogens with one attached hydrogen (secondary N) is 1. The first-order valence-corrected chi connectivity index (χ1v) is 9.82. The molecule has 1 saturated heterocycles. The summed E-state index contributed by atoms with van der Waals surface area (Å²) in [5.74, 6) is 0.412. The van der Waals surface area contributed by atoms with Gasteiger partial charge in [0.05, 0.1) is 6.20 Å². The van der Waals surface area contributed by atoms with E-state index in [0.29, 0.717) is 21.8 Å². The molecule has 0 spiro atoms. The third-order valence-corrected chi connectivity index (χ3v) is 5.46. The second-order valence-electron chi connectivity index (χ2n) is 6.89. The lowest BCUT2D eigenvalue weighted by Crippen LogP contribution is -2.26. The number of aromatic nitrogens is 3. The number of rotatable bonds is 6. The van der Waals surface area contributed by atoms with E-state index < -0.39 is 0 Å². The van der Waals surface area contributed by atoms with Gasteiger partial charge in [0, 0.05) is 35.4 Å². The van der Waals surface area contributed by atoms with Crippen LogP contribution < -0.4 is 5.32 Å². The third-order valence-electron chi connectivity index (χ3n) is 5.11. The van der Waals surface area contributed by atoms with Crippen molar-refractivity contribution in [2.75, 3.05) is 31.5 Å². The van der Waals surface area contributed by atoms with Crippen LogP contribution in [0.3, 0.4) is 0 Å². The fourth-order valence-electron chi connectivity index (χ4n) is 3.58. The SMILES string of the molecule is CCc1cc(-c2cnn3ccc(NCCN4CCCC4)nc23)c(F)cc1Cl. The molecular formula is C20H23ClFN5. The Morgan fingerprint density at radius 3 is 2.81 bits per heavy atom. The van der Waals surface area contributed by atoms with Gasteiger partial charge in [-0.15, -0.1) is 0 Å². The van der Waals surface area contributed by atoms with E-state index in [1.54, 1.807) is 16.8 Å². The van der Waals surface area contributed by atoms with Gasteiger partial charge in [-0.05, 0) is 56.1 Å². The number of likely N-dealkylation sites (tertiary alicyclic amines) is 1. The van der Waals surface area contributed by atoms with Crippen molar-refractivity contribution in [3.63, 3.8) is 0 Å². The molecule has 2 aromatic heterocycles. The van der Waals surface area contributed by atoms with E-state index in [1.165, 1.54) is 32.0 Å². The summed E-state index contributed by atoms with van der Waals surface area (Å²) in [5.41, 5.74) is 2.69. The van der Waals surface area contributed by atoms with Crippen LogP contribution in [0.25, 0.3) is 16.8 Å². The fourth-order valence-corrected chi connectivity index (χ4v) is 3.86. The van der Waals surface area contributed by atoms with Gasteiger partial charge in [0.15, 0.2) is 5.65 Å². The molecule has 1 aliphatic rings. The van der Waals surface area contributed by atoms with Crippen molar-refractivity contribution < 1.29 is 4.39 Å². The minimum absolute atomic E-state index is 0.360. The molecule has 0 radical (unpaired) electrons. The second-order valence-corrected chi connectivity index (χ2v) is 7.30. The summed E-state index contributed by atoms with van der Waals surface area (Å²) >= 11 is 6.13. The molecular weight excluding hydrogens is 365 g/mol. The molecule has 0 bridgehead atoms. The van der Waals surface area contributed by atoms with Gasteiger partial charge in [-0.2, -0.15) is 5.10 Å². The van der Waals surface area contributed by atoms with E-state index >= 15 is 0 Å². The van der Waals surface area contributed by atoms with E-state index in [1.807, 2.05) is 19.2 Å². The zero-order valence-corrected chi connectivity index (χ0v) is 16.1. The van der Waals surface area contributed by atoms with Crippen molar-refractivity contribution in [3.05, 3.63) is 47.0 Å². The van der Waals surface area contributed by atoms with E-state index in [4.69, 9.17) is 11.6 Å². The van der Waals surface area contributed by atoms with Gasteiger partial charge >= 0.3 is 0 Å². The summed E-state index contributed by atoms with van der Waals surface area (Å²) in [5, 5.41) is 8.14. The smallest absolute Gasteiger partial charge is 0.165 e. The molecule has 142 valence electrons. The van der Waals surface area contributed by atoms with Gasteiger partial charge < -0.3 is 10.2 Å². The maximum absolute atomic E-state index is 14.6. The lowest BCUT2D eigenvalue weighted by atomic mass is 10.0. The number of aryl methyl sites for hydroxylation is 1. The number of hydrogen-bond donors (Lipinski definition) is 1. The van der Waals surface area contributed by atoms with Gasteiger partial charge in [-0.25, -0.2) is 13.9 Å². The van der Waals surface area contributed by atoms with Crippen LogP contribution in [0, 0.1) is 5.82 Å². The molecule has 0 atom stereocenters. The number of anilines is 1. The van der Waals surface area contributed by atoms with Crippen LogP contribution in [-0.2, 0) is 6.42 Å². The Morgan fingerprint density at radius 1 is 1.22 bits per heavy atom. The normalized spacial score (nSPS) is 14.9. The highest BCUT2D eigenvalue weighted by Gasteiger charge is 2.16. The molecule has 0 aliphatic carbocycles. The Balaban J connectivity index is 1.60. The predicted octanol–water partition coefficient (Wildman–Crippen LogP) is 4.26. The summed E-state index contributed by atoms with van der Waals surface area (Å²) in [6, 6.07) is 5.06. The van der Waals surface area contributed by atoms with Crippen LogP contribution in [0.2, 0.25) is 5.02 Å². The maximum atomic E-state index is 14.6. The number of fused-ring (bicyclic) bond motifs is 1. The van der Waals surface area contributed by atoms with Crippen LogP contribution in [0.15, 0.2) is 30.6 Å². The Labute approximate surface area is 163 Å². The Kier molecular flexibility index (Phi) is 5.27. The molecule has 1 fully saturated rings. The first-order valence-electron chi connectivity index (χ1n) is 9.44. The molecule has 0 amide bonds. The van der Waals surface area contributed by atoms with Crippen molar-refractivity contribution in [3.8, 4) is 11.1 Å². The van der Waals surface area contributed by atoms with Gasteiger partial charge in [-0.1, -0.05) is 18.5 Å². The van der Waals surface area contributed by atoms with Crippen molar-refractivity contribution in [1.29, 1.82) is 0 Å². The fraction of sp³-hybridized carbons (Fsp3) is 0.400. The van der Waals surface area contributed by atoms with Gasteiger partial charge in [-0.3, -0.25) is 0 Å². The predicted molar refractivity (Wildman–Crippen MR) is 107 cm³/mol. The second kappa shape index (κ2) is 7.82. The van der Waals surface area contributed by atoms with Crippen molar-refractivity contribution >= 4 is 23.1 Å². The van der Waals surface area contributed by atoms with Crippen molar-refractivity contribution in [2.24, 2.45) is 0 Å². The average molecular weight is 388 g/mol. The molecule has 7 heteroatoms. The molecule has 1 aromatic carbocycles. The first kappa shape index (κ1) is 18.2. The lowest BCUT2D eigenvalue weighted by Gasteiger charge is -2.15. The molecule has 1 N–H and O–H groups in total. The monoisotopic (exact) mass is 387 g/mol. The van der Waals surface area contributed by atoms with E-state index in [0.717, 1.165) is 30.9 Å². The maximum Gasteiger partial charge on any atom is 0.165 e. The van der Waals surface area contributed by atoms with Crippen LogP contribution in [0.4, 0.5) is 10.2 Å². The van der Waals surface area contributed by atoms with Gasteiger partial charge in [0.1, 0.15) is 11.6 Å². The zero-order chi connectivity index (χ0) is 18.8. The molecule has 3 heterocycles. The highest BCUT2D eigenvalue weighted by atomic mass is 35.5. The van der Waals surface area contributed by atoms with E-state index in [9.17, 15) is 4.39 Å². The topological polar surface area (TPSA) is 45.5 Å². The van der Waals surface area contributed by atoms with Gasteiger partial charge in [0.25, 0.3) is 0 Å². The Hall–Kier alpha value is -2.18. The number of nitrogens with zero attached hydrogens (tertiary/aromatic N) is 4. The van der Waals surface area contributed by atoms with Crippen LogP contribution in [0.1, 0.15) is 25.3 Å². The number of halogens is 2. The summed E-state index contributed by atoms with van der Waals surface area (Å²) in [7, 11) is 0. The zero-order valence-electron chi connectivity index (χ0n) is 15.4. The van der Waals surface area contributed by atoms with E-state index in [-0.39, 0.29) is 5.82 Å². The summed E-state index contributed by atoms with van der Waals surface area (Å²) in [4.78, 5) is 7.12. The summed E-state index contributed by atoms with van der Waals surface area (Å²) in [6.45, 7) is 6.19. The van der Waals surface area contributed by atoms with Crippen LogP contribution in [-0.4, -0.2) is 45.7 Å². The molecule has 5 nitrogen and oxygen atoms in total. The molecule has 0 saturated carbocycles. The molecule has 27 heavy (non-hydrogen) atoms. The molecule has 3 aromatic rings. The lowest BCUT2D eigenvalue weighted by molar-refractivity contribution is 0.352. The molecule has 0 unspecified atom stereocenters. The quantitative estimate of drug-likeness (QED) is 0.686. The highest BCUT2D eigenvalue weighted by Crippen LogP contribution is 2.31. The van der Waals surface area contributed by atoms with Crippen LogP contribution >= 0.6 is 11.6 Å². The highest BCUT2D eigenvalue weighted by molar-refractivity contribution is 6.31. The number of benzene rings is 1. The molecule has 4 rings (SSSR count). The Bertz CT molecular complexity index is 949.